The lowest BCUT2D eigenvalue weighted by atomic mass is 10.0. The molecule has 5 nitrogen and oxygen atoms in total. The van der Waals surface area contributed by atoms with Crippen LogP contribution in [-0.4, -0.2) is 66.5 Å². The van der Waals surface area contributed by atoms with Crippen molar-refractivity contribution in [2.75, 3.05) is 45.9 Å². The lowest BCUT2D eigenvalue weighted by molar-refractivity contribution is -0.134. The molecule has 2 aliphatic rings. The van der Waals surface area contributed by atoms with E-state index >= 15 is 0 Å². The highest BCUT2D eigenvalue weighted by atomic mass is 16.5. The van der Waals surface area contributed by atoms with Gasteiger partial charge in [0, 0.05) is 45.2 Å². The van der Waals surface area contributed by atoms with Gasteiger partial charge in [-0.1, -0.05) is 48.5 Å². The van der Waals surface area contributed by atoms with Crippen molar-refractivity contribution in [2.45, 2.75) is 32.4 Å². The minimum atomic E-state index is 0.0979. The van der Waals surface area contributed by atoms with Crippen LogP contribution in [0.4, 0.5) is 0 Å². The summed E-state index contributed by atoms with van der Waals surface area (Å²) in [6.07, 6.45) is 2.62. The van der Waals surface area contributed by atoms with Crippen LogP contribution >= 0.6 is 0 Å². The van der Waals surface area contributed by atoms with Gasteiger partial charge in [0.25, 0.3) is 0 Å². The van der Waals surface area contributed by atoms with Gasteiger partial charge >= 0.3 is 0 Å². The van der Waals surface area contributed by atoms with E-state index in [1.165, 1.54) is 37.1 Å². The smallest absolute Gasteiger partial charge is 0.220 e. The van der Waals surface area contributed by atoms with Crippen LogP contribution in [0.5, 0.6) is 5.75 Å². The van der Waals surface area contributed by atoms with Crippen LogP contribution < -0.4 is 4.74 Å². The molecule has 2 aromatic carbocycles. The minimum absolute atomic E-state index is 0.0979. The van der Waals surface area contributed by atoms with E-state index < -0.39 is 0 Å². The fourth-order valence-electron chi connectivity index (χ4n) is 4.63. The average Bonchev–Trinajstić information content (AvgIpc) is 3.29. The van der Waals surface area contributed by atoms with Crippen LogP contribution in [0, 0.1) is 0 Å². The Morgan fingerprint density at radius 2 is 1.67 bits per heavy atom. The lowest BCUT2D eigenvalue weighted by Crippen LogP contribution is -2.49. The Morgan fingerprint density at radius 1 is 0.933 bits per heavy atom. The summed E-state index contributed by atoms with van der Waals surface area (Å²) in [6, 6.07) is 18.9. The van der Waals surface area contributed by atoms with Crippen LogP contribution in [0.1, 0.15) is 36.9 Å². The molecule has 160 valence electrons. The molecule has 0 aliphatic carbocycles. The minimum Gasteiger partial charge on any atom is -0.492 e. The Morgan fingerprint density at radius 3 is 2.43 bits per heavy atom. The fraction of sp³-hybridized carbons (Fsp3) is 0.480. The van der Waals surface area contributed by atoms with E-state index in [0.717, 1.165) is 45.1 Å². The first-order valence-corrected chi connectivity index (χ1v) is 11.2. The highest BCUT2D eigenvalue weighted by Crippen LogP contribution is 2.28. The summed E-state index contributed by atoms with van der Waals surface area (Å²) in [7, 11) is 0. The number of carbonyl (C=O) groups excluding carboxylic acids is 1. The van der Waals surface area contributed by atoms with Crippen LogP contribution in [0.25, 0.3) is 0 Å². The maximum atomic E-state index is 12.2. The topological polar surface area (TPSA) is 36.0 Å². The van der Waals surface area contributed by atoms with Crippen molar-refractivity contribution < 1.29 is 9.53 Å². The Bertz CT molecular complexity index is 820. The number of rotatable bonds is 7. The quantitative estimate of drug-likeness (QED) is 0.703. The summed E-state index contributed by atoms with van der Waals surface area (Å²) in [5.41, 5.74) is 2.43. The van der Waals surface area contributed by atoms with Crippen molar-refractivity contribution in [3.05, 3.63) is 65.7 Å². The molecular weight excluding hydrogens is 374 g/mol. The van der Waals surface area contributed by atoms with Gasteiger partial charge in [0.05, 0.1) is 6.04 Å². The van der Waals surface area contributed by atoms with E-state index in [-0.39, 0.29) is 11.9 Å². The molecule has 1 amide bonds. The van der Waals surface area contributed by atoms with Crippen LogP contribution in [0.3, 0.4) is 0 Å². The van der Waals surface area contributed by atoms with E-state index in [4.69, 9.17) is 4.74 Å². The summed E-state index contributed by atoms with van der Waals surface area (Å²) in [4.78, 5) is 19.1. The number of piperazine rings is 1. The molecule has 30 heavy (non-hydrogen) atoms. The Kier molecular flexibility index (Phi) is 7.03. The SMILES string of the molecule is CC(=O)N1CCN(Cc2ccccc2OCCN2CCCC2)CC1c1ccccc1. The van der Waals surface area contributed by atoms with Crippen molar-refractivity contribution in [3.8, 4) is 5.75 Å². The van der Waals surface area contributed by atoms with Crippen molar-refractivity contribution in [1.82, 2.24) is 14.7 Å². The van der Waals surface area contributed by atoms with Crippen LogP contribution in [0.15, 0.2) is 54.6 Å². The third kappa shape index (κ3) is 5.21. The molecule has 2 saturated heterocycles. The van der Waals surface area contributed by atoms with E-state index in [0.29, 0.717) is 0 Å². The predicted molar refractivity (Wildman–Crippen MR) is 119 cm³/mol. The summed E-state index contributed by atoms with van der Waals surface area (Å²) >= 11 is 0. The zero-order chi connectivity index (χ0) is 20.8. The van der Waals surface area contributed by atoms with Gasteiger partial charge in [-0.05, 0) is 37.6 Å². The van der Waals surface area contributed by atoms with Gasteiger partial charge in [0.2, 0.25) is 5.91 Å². The molecule has 2 fully saturated rings. The first kappa shape index (κ1) is 20.9. The number of carbonyl (C=O) groups is 1. The monoisotopic (exact) mass is 407 g/mol. The van der Waals surface area contributed by atoms with Crippen molar-refractivity contribution >= 4 is 5.91 Å². The number of amides is 1. The van der Waals surface area contributed by atoms with Gasteiger partial charge in [-0.25, -0.2) is 0 Å². The zero-order valence-electron chi connectivity index (χ0n) is 18.0. The van der Waals surface area contributed by atoms with Gasteiger partial charge in [0.1, 0.15) is 12.4 Å². The van der Waals surface area contributed by atoms with Gasteiger partial charge in [-0.2, -0.15) is 0 Å². The predicted octanol–water partition coefficient (Wildman–Crippen LogP) is 3.57. The van der Waals surface area contributed by atoms with E-state index in [2.05, 4.69) is 58.3 Å². The van der Waals surface area contributed by atoms with E-state index in [1.54, 1.807) is 6.92 Å². The summed E-state index contributed by atoms with van der Waals surface area (Å²) < 4.78 is 6.18. The molecule has 1 unspecified atom stereocenters. The summed E-state index contributed by atoms with van der Waals surface area (Å²) in [6.45, 7) is 9.13. The number of likely N-dealkylation sites (tertiary alicyclic amines) is 1. The molecule has 4 rings (SSSR count). The number of benzene rings is 2. The molecule has 5 heteroatoms. The van der Waals surface area contributed by atoms with Gasteiger partial charge in [-0.3, -0.25) is 14.6 Å². The number of nitrogens with zero attached hydrogens (tertiary/aromatic N) is 3. The lowest BCUT2D eigenvalue weighted by Gasteiger charge is -2.41. The molecule has 2 heterocycles. The van der Waals surface area contributed by atoms with E-state index in [9.17, 15) is 4.79 Å². The second kappa shape index (κ2) is 10.1. The number of ether oxygens (including phenoxy) is 1. The Hall–Kier alpha value is -2.37. The van der Waals surface area contributed by atoms with Crippen molar-refractivity contribution in [2.24, 2.45) is 0 Å². The highest BCUT2D eigenvalue weighted by molar-refractivity contribution is 5.74. The Labute approximate surface area is 180 Å². The molecular formula is C25H33N3O2. The van der Waals surface area contributed by atoms with Crippen molar-refractivity contribution in [3.63, 3.8) is 0 Å². The molecule has 0 spiro atoms. The molecule has 0 bridgehead atoms. The maximum Gasteiger partial charge on any atom is 0.220 e. The molecule has 2 aromatic rings. The summed E-state index contributed by atoms with van der Waals surface area (Å²) in [5.74, 6) is 1.14. The second-order valence-corrected chi connectivity index (χ2v) is 8.38. The van der Waals surface area contributed by atoms with Crippen LogP contribution in [0.2, 0.25) is 0 Å². The first-order chi connectivity index (χ1) is 14.7. The number of hydrogen-bond acceptors (Lipinski definition) is 4. The van der Waals surface area contributed by atoms with Crippen molar-refractivity contribution in [1.29, 1.82) is 0 Å². The molecule has 0 N–H and O–H groups in total. The molecule has 0 aromatic heterocycles. The average molecular weight is 408 g/mol. The maximum absolute atomic E-state index is 12.2. The second-order valence-electron chi connectivity index (χ2n) is 8.38. The number of hydrogen-bond donors (Lipinski definition) is 0. The normalized spacial score (nSPS) is 20.4. The Balaban J connectivity index is 1.40. The molecule has 2 aliphatic heterocycles. The standard InChI is InChI=1S/C25H33N3O2/c1-21(29)28-16-15-27(20-24(28)22-9-3-2-4-10-22)19-23-11-5-6-12-25(23)30-18-17-26-13-7-8-14-26/h2-6,9-12,24H,7-8,13-20H2,1H3. The highest BCUT2D eigenvalue weighted by Gasteiger charge is 2.30. The van der Waals surface area contributed by atoms with Crippen LogP contribution in [-0.2, 0) is 11.3 Å². The third-order valence-corrected chi connectivity index (χ3v) is 6.28. The molecule has 0 radical (unpaired) electrons. The van der Waals surface area contributed by atoms with E-state index in [1.807, 2.05) is 11.0 Å². The number of para-hydroxylation sites is 1. The van der Waals surface area contributed by atoms with Gasteiger partial charge < -0.3 is 9.64 Å². The third-order valence-electron chi connectivity index (χ3n) is 6.28. The van der Waals surface area contributed by atoms with Gasteiger partial charge in [-0.15, -0.1) is 0 Å². The fourth-order valence-corrected chi connectivity index (χ4v) is 4.63. The summed E-state index contributed by atoms with van der Waals surface area (Å²) in [5, 5.41) is 0. The molecule has 0 saturated carbocycles. The van der Waals surface area contributed by atoms with Gasteiger partial charge in [0.15, 0.2) is 0 Å². The molecule has 1 atom stereocenters. The first-order valence-electron chi connectivity index (χ1n) is 11.2. The largest absolute Gasteiger partial charge is 0.492 e. The zero-order valence-corrected chi connectivity index (χ0v) is 18.0.